The van der Waals surface area contributed by atoms with Crippen LogP contribution in [0.1, 0.15) is 155 Å². The molecule has 0 fully saturated rings. The summed E-state index contributed by atoms with van der Waals surface area (Å²) in [5.41, 5.74) is 0. The molecule has 1 N–H and O–H groups in total. The second-order valence-electron chi connectivity index (χ2n) is 14.5. The zero-order valence-electron chi connectivity index (χ0n) is 36.2. The van der Waals surface area contributed by atoms with E-state index in [-0.39, 0.29) is 26.1 Å². The number of ether oxygens (including phenoxy) is 2. The summed E-state index contributed by atoms with van der Waals surface area (Å²) in [6.07, 6.45) is 50.6. The largest absolute Gasteiger partial charge is 0.472 e. The van der Waals surface area contributed by atoms with E-state index in [2.05, 4.69) is 92.8 Å². The Morgan fingerprint density at radius 2 is 1.02 bits per heavy atom. The van der Waals surface area contributed by atoms with Crippen LogP contribution in [0, 0.1) is 0 Å². The SMILES string of the molecule is CC/C=C\C/C=C\C/C=C\C/C=C\C/C=C\CCCC(=O)OC(COC(=O)CCCCCCCCC/C=C\C/C=C\CCCCC)COP(=O)(O)OCCN(C)C. The highest BCUT2D eigenvalue weighted by Crippen LogP contribution is 2.43. The van der Waals surface area contributed by atoms with Crippen molar-refractivity contribution in [1.82, 2.24) is 4.90 Å². The van der Waals surface area contributed by atoms with E-state index < -0.39 is 32.5 Å². The van der Waals surface area contributed by atoms with E-state index in [9.17, 15) is 19.0 Å². The van der Waals surface area contributed by atoms with E-state index >= 15 is 0 Å². The molecule has 0 saturated heterocycles. The lowest BCUT2D eigenvalue weighted by Gasteiger charge is -2.20. The molecule has 0 spiro atoms. The van der Waals surface area contributed by atoms with Gasteiger partial charge in [0.1, 0.15) is 6.61 Å². The van der Waals surface area contributed by atoms with Gasteiger partial charge in [-0.15, -0.1) is 0 Å². The topological polar surface area (TPSA) is 112 Å². The van der Waals surface area contributed by atoms with Crippen molar-refractivity contribution in [3.8, 4) is 0 Å². The molecule has 0 heterocycles. The van der Waals surface area contributed by atoms with Gasteiger partial charge >= 0.3 is 19.8 Å². The fourth-order valence-corrected chi connectivity index (χ4v) is 6.08. The molecule has 0 amide bonds. The first kappa shape index (κ1) is 54.2. The van der Waals surface area contributed by atoms with Gasteiger partial charge in [-0.2, -0.15) is 0 Å². The third kappa shape index (κ3) is 42.6. The van der Waals surface area contributed by atoms with Gasteiger partial charge in [0.25, 0.3) is 0 Å². The van der Waals surface area contributed by atoms with Crippen molar-refractivity contribution in [2.24, 2.45) is 0 Å². The Morgan fingerprint density at radius 3 is 1.54 bits per heavy atom. The number of carbonyl (C=O) groups excluding carboxylic acids is 2. The van der Waals surface area contributed by atoms with Crippen LogP contribution in [0.3, 0.4) is 0 Å². The van der Waals surface area contributed by atoms with Crippen LogP contribution < -0.4 is 0 Å². The average molecular weight is 818 g/mol. The van der Waals surface area contributed by atoms with Crippen molar-refractivity contribution in [2.45, 2.75) is 161 Å². The summed E-state index contributed by atoms with van der Waals surface area (Å²) in [4.78, 5) is 37.0. The number of phosphoric acid groups is 1. The highest BCUT2D eigenvalue weighted by molar-refractivity contribution is 7.47. The fraction of sp³-hybridized carbons (Fsp3) is 0.660. The van der Waals surface area contributed by atoms with Crippen LogP contribution in [-0.2, 0) is 32.7 Å². The maximum Gasteiger partial charge on any atom is 0.472 e. The zero-order valence-corrected chi connectivity index (χ0v) is 37.1. The number of rotatable bonds is 39. The molecular weight excluding hydrogens is 737 g/mol. The molecule has 9 nitrogen and oxygen atoms in total. The number of allylic oxidation sites excluding steroid dienone is 14. The van der Waals surface area contributed by atoms with Crippen LogP contribution >= 0.6 is 7.82 Å². The second-order valence-corrected chi connectivity index (χ2v) is 15.9. The molecule has 0 aromatic rings. The predicted molar refractivity (Wildman–Crippen MR) is 238 cm³/mol. The van der Waals surface area contributed by atoms with Crippen LogP contribution in [0.15, 0.2) is 85.1 Å². The standard InChI is InChI=1S/C47H80NO8P/c1-5-7-9-11-13-15-17-19-21-23-25-27-29-31-33-35-37-39-46(49)53-43-45(44-55-57(51,52)54-42-41-48(3)4)56-47(50)40-38-36-34-32-30-28-26-24-22-20-18-16-14-12-10-8-6-2/h8,10,13-16,19-22,26,28,32,34,45H,5-7,9,11-12,17-18,23-25,27,29-31,33,35-44H2,1-4H3,(H,51,52)/b10-8-,15-13-,16-14-,21-19-,22-20-,28-26-,34-32-. The quantitative estimate of drug-likeness (QED) is 0.0280. The molecule has 0 aliphatic rings. The Labute approximate surface area is 348 Å². The minimum absolute atomic E-state index is 0.00920. The Kier molecular flexibility index (Phi) is 39.3. The molecule has 0 radical (unpaired) electrons. The molecular formula is C47H80NO8P. The van der Waals surface area contributed by atoms with Crippen molar-refractivity contribution >= 4 is 19.8 Å². The smallest absolute Gasteiger partial charge is 0.462 e. The van der Waals surface area contributed by atoms with Crippen molar-refractivity contribution in [3.63, 3.8) is 0 Å². The number of carbonyl (C=O) groups is 2. The molecule has 10 heteroatoms. The first-order valence-electron chi connectivity index (χ1n) is 21.9. The van der Waals surface area contributed by atoms with Gasteiger partial charge in [-0.25, -0.2) is 4.57 Å². The van der Waals surface area contributed by atoms with Gasteiger partial charge in [0.05, 0.1) is 13.2 Å². The van der Waals surface area contributed by atoms with Crippen molar-refractivity contribution in [1.29, 1.82) is 0 Å². The minimum atomic E-state index is -4.38. The number of likely N-dealkylation sites (N-methyl/N-ethyl adjacent to an activating group) is 1. The summed E-state index contributed by atoms with van der Waals surface area (Å²) in [6, 6.07) is 0. The number of hydrogen-bond acceptors (Lipinski definition) is 8. The molecule has 0 aromatic heterocycles. The summed E-state index contributed by atoms with van der Waals surface area (Å²) >= 11 is 0. The Morgan fingerprint density at radius 1 is 0.561 bits per heavy atom. The third-order valence-corrected chi connectivity index (χ3v) is 9.67. The summed E-state index contributed by atoms with van der Waals surface area (Å²) in [7, 11) is -0.756. The maximum atomic E-state index is 12.6. The Bertz CT molecular complexity index is 1220. The Hall–Kier alpha value is -2.81. The summed E-state index contributed by atoms with van der Waals surface area (Å²) in [5.74, 6) is -0.888. The summed E-state index contributed by atoms with van der Waals surface area (Å²) < 4.78 is 33.4. The zero-order chi connectivity index (χ0) is 41.9. The van der Waals surface area contributed by atoms with Gasteiger partial charge < -0.3 is 19.3 Å². The van der Waals surface area contributed by atoms with Crippen LogP contribution in [0.5, 0.6) is 0 Å². The number of esters is 2. The van der Waals surface area contributed by atoms with Gasteiger partial charge in [-0.3, -0.25) is 18.6 Å². The van der Waals surface area contributed by atoms with Crippen LogP contribution in [0.25, 0.3) is 0 Å². The molecule has 0 aromatic carbocycles. The van der Waals surface area contributed by atoms with Gasteiger partial charge in [-0.1, -0.05) is 144 Å². The molecule has 0 saturated carbocycles. The lowest BCUT2D eigenvalue weighted by molar-refractivity contribution is -0.161. The number of nitrogens with zero attached hydrogens (tertiary/aromatic N) is 1. The van der Waals surface area contributed by atoms with Gasteiger partial charge in [0.2, 0.25) is 0 Å². The minimum Gasteiger partial charge on any atom is -0.462 e. The van der Waals surface area contributed by atoms with Crippen molar-refractivity contribution in [2.75, 3.05) is 40.5 Å². The molecule has 326 valence electrons. The van der Waals surface area contributed by atoms with E-state index in [1.807, 2.05) is 20.2 Å². The molecule has 2 atom stereocenters. The van der Waals surface area contributed by atoms with Crippen molar-refractivity contribution < 1.29 is 37.6 Å². The summed E-state index contributed by atoms with van der Waals surface area (Å²) in [5, 5.41) is 0. The normalized spacial score (nSPS) is 14.2. The Balaban J connectivity index is 4.41. The van der Waals surface area contributed by atoms with Crippen molar-refractivity contribution in [3.05, 3.63) is 85.1 Å². The van der Waals surface area contributed by atoms with E-state index in [1.54, 1.807) is 4.90 Å². The number of hydrogen-bond donors (Lipinski definition) is 1. The molecule has 0 aliphatic carbocycles. The lowest BCUT2D eigenvalue weighted by Crippen LogP contribution is -2.29. The van der Waals surface area contributed by atoms with E-state index in [1.165, 1.54) is 44.9 Å². The van der Waals surface area contributed by atoms with E-state index in [0.717, 1.165) is 70.6 Å². The predicted octanol–water partition coefficient (Wildman–Crippen LogP) is 12.7. The first-order valence-corrected chi connectivity index (χ1v) is 23.4. The molecule has 0 bridgehead atoms. The third-order valence-electron chi connectivity index (χ3n) is 8.69. The van der Waals surface area contributed by atoms with Crippen LogP contribution in [0.2, 0.25) is 0 Å². The van der Waals surface area contributed by atoms with Gasteiger partial charge in [0, 0.05) is 19.4 Å². The molecule has 2 unspecified atom stereocenters. The molecule has 0 aliphatic heterocycles. The fourth-order valence-electron chi connectivity index (χ4n) is 5.34. The highest BCUT2D eigenvalue weighted by atomic mass is 31.2. The maximum absolute atomic E-state index is 12.6. The van der Waals surface area contributed by atoms with Gasteiger partial charge in [0.15, 0.2) is 6.10 Å². The lowest BCUT2D eigenvalue weighted by atomic mass is 10.1. The number of unbranched alkanes of at least 4 members (excludes halogenated alkanes) is 11. The highest BCUT2D eigenvalue weighted by Gasteiger charge is 2.26. The monoisotopic (exact) mass is 818 g/mol. The first-order chi connectivity index (χ1) is 27.7. The molecule has 0 rings (SSSR count). The summed E-state index contributed by atoms with van der Waals surface area (Å²) in [6.45, 7) is 4.09. The van der Waals surface area contributed by atoms with E-state index in [0.29, 0.717) is 19.4 Å². The van der Waals surface area contributed by atoms with Crippen LogP contribution in [0.4, 0.5) is 0 Å². The van der Waals surface area contributed by atoms with E-state index in [4.69, 9.17) is 18.5 Å². The second kappa shape index (κ2) is 41.4. The average Bonchev–Trinajstić information content (AvgIpc) is 3.18. The molecule has 57 heavy (non-hydrogen) atoms. The van der Waals surface area contributed by atoms with Gasteiger partial charge in [-0.05, 0) is 97.6 Å². The number of phosphoric ester groups is 1. The van der Waals surface area contributed by atoms with Crippen LogP contribution in [-0.4, -0.2) is 68.3 Å².